The van der Waals surface area contributed by atoms with Crippen LogP contribution in [0.25, 0.3) is 0 Å². The molecule has 1 rings (SSSR count). The van der Waals surface area contributed by atoms with Gasteiger partial charge in [-0.1, -0.05) is 0 Å². The van der Waals surface area contributed by atoms with E-state index in [-0.39, 0.29) is 6.04 Å². The summed E-state index contributed by atoms with van der Waals surface area (Å²) in [5.74, 6) is 0. The van der Waals surface area contributed by atoms with Gasteiger partial charge in [0.1, 0.15) is 6.10 Å². The fraction of sp³-hybridized carbons (Fsp3) is 1.00. The van der Waals surface area contributed by atoms with Gasteiger partial charge >= 0.3 is 8.25 Å². The first-order valence-electron chi connectivity index (χ1n) is 4.38. The summed E-state index contributed by atoms with van der Waals surface area (Å²) in [5.41, 5.74) is 0. The standard InChI is InChI=1S/C7H14NO5P/c1-3-6(9)7(10)5(8-3)4(2)13-14(11)12/h3-10H,1-2H3/p+1/t3-,4?,5+,6-,7+/m0/s1. The Labute approximate surface area is 82.8 Å². The highest BCUT2D eigenvalue weighted by atomic mass is 31.1. The highest BCUT2D eigenvalue weighted by molar-refractivity contribution is 7.32. The lowest BCUT2D eigenvalue weighted by Crippen LogP contribution is -2.42. The second-order valence-corrected chi connectivity index (χ2v) is 4.20. The second-order valence-electron chi connectivity index (χ2n) is 3.51. The van der Waals surface area contributed by atoms with Gasteiger partial charge in [0.05, 0.1) is 18.2 Å². The fourth-order valence-electron chi connectivity index (χ4n) is 1.63. The first-order valence-corrected chi connectivity index (χ1v) is 5.51. The van der Waals surface area contributed by atoms with Crippen molar-refractivity contribution in [2.24, 2.45) is 0 Å². The minimum atomic E-state index is -2.69. The van der Waals surface area contributed by atoms with Crippen LogP contribution in [0.4, 0.5) is 0 Å². The van der Waals surface area contributed by atoms with Crippen LogP contribution in [0.3, 0.4) is 0 Å². The summed E-state index contributed by atoms with van der Waals surface area (Å²) in [7, 11) is -2.69. The monoisotopic (exact) mass is 224 g/mol. The first kappa shape index (κ1) is 12.0. The van der Waals surface area contributed by atoms with Gasteiger partial charge < -0.3 is 15.5 Å². The Hall–Kier alpha value is -0.100. The van der Waals surface area contributed by atoms with E-state index >= 15 is 0 Å². The van der Waals surface area contributed by atoms with E-state index in [9.17, 15) is 14.8 Å². The van der Waals surface area contributed by atoms with Crippen LogP contribution in [0.5, 0.6) is 0 Å². The Morgan fingerprint density at radius 2 is 2.00 bits per heavy atom. The molecule has 1 heterocycles. The highest BCUT2D eigenvalue weighted by Gasteiger charge is 2.43. The molecular weight excluding hydrogens is 209 g/mol. The number of aliphatic hydroxyl groups excluding tert-OH is 2. The zero-order valence-electron chi connectivity index (χ0n) is 7.99. The van der Waals surface area contributed by atoms with Crippen molar-refractivity contribution < 1.29 is 24.2 Å². The molecule has 1 saturated heterocycles. The summed E-state index contributed by atoms with van der Waals surface area (Å²) in [5, 5.41) is 21.9. The van der Waals surface area contributed by atoms with Gasteiger partial charge in [-0.25, -0.2) is 0 Å². The maximum Gasteiger partial charge on any atom is 0.695 e. The molecule has 14 heavy (non-hydrogen) atoms. The SMILES string of the molecule is CC(O[P+](=O)O)[C@H]1N[C@@H](C)[C@H](O)[C@@H]1O. The van der Waals surface area contributed by atoms with Gasteiger partial charge in [-0.2, -0.15) is 0 Å². The molecule has 7 heteroatoms. The first-order chi connectivity index (χ1) is 6.43. The van der Waals surface area contributed by atoms with Crippen LogP contribution in [0.2, 0.25) is 0 Å². The Kier molecular flexibility index (Phi) is 3.94. The lowest BCUT2D eigenvalue weighted by Gasteiger charge is -2.17. The highest BCUT2D eigenvalue weighted by Crippen LogP contribution is 2.25. The number of rotatable bonds is 3. The van der Waals surface area contributed by atoms with Crippen molar-refractivity contribution in [2.75, 3.05) is 0 Å². The van der Waals surface area contributed by atoms with E-state index in [1.807, 2.05) is 0 Å². The number of hydrogen-bond donors (Lipinski definition) is 4. The molecule has 0 aromatic rings. The van der Waals surface area contributed by atoms with Crippen LogP contribution in [0.1, 0.15) is 13.8 Å². The molecule has 1 aliphatic rings. The van der Waals surface area contributed by atoms with Crippen molar-refractivity contribution in [3.05, 3.63) is 0 Å². The van der Waals surface area contributed by atoms with E-state index in [0.717, 1.165) is 0 Å². The largest absolute Gasteiger partial charge is 0.695 e. The van der Waals surface area contributed by atoms with Crippen molar-refractivity contribution in [3.63, 3.8) is 0 Å². The van der Waals surface area contributed by atoms with Gasteiger partial charge in [0.15, 0.2) is 0 Å². The van der Waals surface area contributed by atoms with Gasteiger partial charge in [0, 0.05) is 10.6 Å². The predicted octanol–water partition coefficient (Wildman–Crippen LogP) is -0.877. The Bertz CT molecular complexity index is 226. The van der Waals surface area contributed by atoms with Gasteiger partial charge in [-0.3, -0.25) is 0 Å². The summed E-state index contributed by atoms with van der Waals surface area (Å²) in [4.78, 5) is 8.52. The summed E-state index contributed by atoms with van der Waals surface area (Å²) >= 11 is 0. The van der Waals surface area contributed by atoms with E-state index in [2.05, 4.69) is 9.84 Å². The van der Waals surface area contributed by atoms with Gasteiger partial charge in [0.2, 0.25) is 0 Å². The number of hydrogen-bond acceptors (Lipinski definition) is 5. The molecular formula is C7H15NO5P+. The van der Waals surface area contributed by atoms with Gasteiger partial charge in [0.25, 0.3) is 0 Å². The Balaban J connectivity index is 2.57. The van der Waals surface area contributed by atoms with Crippen LogP contribution in [0.15, 0.2) is 0 Å². The topological polar surface area (TPSA) is 99.0 Å². The van der Waals surface area contributed by atoms with Crippen LogP contribution in [-0.2, 0) is 9.09 Å². The van der Waals surface area contributed by atoms with E-state index < -0.39 is 32.6 Å². The lowest BCUT2D eigenvalue weighted by molar-refractivity contribution is 0.0106. The van der Waals surface area contributed by atoms with E-state index in [1.165, 1.54) is 0 Å². The average molecular weight is 224 g/mol. The molecule has 2 unspecified atom stereocenters. The number of nitrogens with one attached hydrogen (secondary N) is 1. The summed E-state index contributed by atoms with van der Waals surface area (Å²) in [6.45, 7) is 3.29. The molecule has 6 nitrogen and oxygen atoms in total. The van der Waals surface area contributed by atoms with E-state index in [0.29, 0.717) is 0 Å². The normalized spacial score (nSPS) is 41.1. The zero-order valence-corrected chi connectivity index (χ0v) is 8.89. The fourth-order valence-corrected chi connectivity index (χ4v) is 2.05. The molecule has 0 amide bonds. The zero-order chi connectivity index (χ0) is 10.9. The molecule has 0 aromatic heterocycles. The molecule has 0 aliphatic carbocycles. The molecule has 1 aliphatic heterocycles. The van der Waals surface area contributed by atoms with Crippen LogP contribution >= 0.6 is 8.25 Å². The lowest BCUT2D eigenvalue weighted by atomic mass is 10.1. The van der Waals surface area contributed by atoms with Crippen molar-refractivity contribution in [2.45, 2.75) is 44.2 Å². The smallest absolute Gasteiger partial charge is 0.389 e. The second kappa shape index (κ2) is 4.61. The number of aliphatic hydroxyl groups is 2. The molecule has 0 bridgehead atoms. The molecule has 0 radical (unpaired) electrons. The minimum Gasteiger partial charge on any atom is -0.389 e. The minimum absolute atomic E-state index is 0.252. The van der Waals surface area contributed by atoms with Crippen molar-refractivity contribution in [1.82, 2.24) is 5.32 Å². The Morgan fingerprint density at radius 1 is 1.43 bits per heavy atom. The molecule has 0 aromatic carbocycles. The molecule has 4 N–H and O–H groups in total. The van der Waals surface area contributed by atoms with E-state index in [1.54, 1.807) is 13.8 Å². The third kappa shape index (κ3) is 2.48. The maximum absolute atomic E-state index is 10.4. The average Bonchev–Trinajstić information content (AvgIpc) is 2.32. The van der Waals surface area contributed by atoms with Crippen LogP contribution < -0.4 is 5.32 Å². The van der Waals surface area contributed by atoms with Crippen molar-refractivity contribution in [3.8, 4) is 0 Å². The molecule has 0 spiro atoms. The van der Waals surface area contributed by atoms with Crippen LogP contribution in [0, 0.1) is 0 Å². The maximum atomic E-state index is 10.4. The third-order valence-electron chi connectivity index (χ3n) is 2.45. The van der Waals surface area contributed by atoms with Gasteiger partial charge in [-0.05, 0) is 13.8 Å². The van der Waals surface area contributed by atoms with Crippen molar-refractivity contribution >= 4 is 8.25 Å². The summed E-state index contributed by atoms with van der Waals surface area (Å²) in [6.07, 6.45) is -2.48. The predicted molar refractivity (Wildman–Crippen MR) is 48.8 cm³/mol. The molecule has 0 saturated carbocycles. The molecule has 6 atom stereocenters. The quantitative estimate of drug-likeness (QED) is 0.465. The van der Waals surface area contributed by atoms with Gasteiger partial charge in [-0.15, -0.1) is 9.42 Å². The molecule has 1 fully saturated rings. The molecule has 82 valence electrons. The summed E-state index contributed by atoms with van der Waals surface area (Å²) < 4.78 is 15.0. The summed E-state index contributed by atoms with van der Waals surface area (Å²) in [6, 6.07) is -0.774. The van der Waals surface area contributed by atoms with E-state index in [4.69, 9.17) is 4.89 Å². The van der Waals surface area contributed by atoms with Crippen molar-refractivity contribution in [1.29, 1.82) is 0 Å². The third-order valence-corrected chi connectivity index (χ3v) is 2.96. The Morgan fingerprint density at radius 3 is 2.36 bits per heavy atom. The van der Waals surface area contributed by atoms with Crippen LogP contribution in [-0.4, -0.2) is 45.5 Å².